The number of pyridine rings is 1. The summed E-state index contributed by atoms with van der Waals surface area (Å²) in [5.74, 6) is 0.263. The van der Waals surface area contributed by atoms with Gasteiger partial charge in [0, 0.05) is 11.8 Å². The number of aromatic amines is 1. The van der Waals surface area contributed by atoms with Crippen LogP contribution < -0.4 is 5.32 Å². The molecule has 0 spiro atoms. The molecule has 3 rings (SSSR count). The first-order valence-electron chi connectivity index (χ1n) is 5.40. The van der Waals surface area contributed by atoms with Crippen molar-refractivity contribution in [3.63, 3.8) is 0 Å². The van der Waals surface area contributed by atoms with Crippen molar-refractivity contribution < 1.29 is 4.79 Å². The van der Waals surface area contributed by atoms with E-state index >= 15 is 0 Å². The number of amides is 1. The summed E-state index contributed by atoms with van der Waals surface area (Å²) in [6, 6.07) is 5.72. The van der Waals surface area contributed by atoms with Gasteiger partial charge in [-0.15, -0.1) is 5.10 Å². The van der Waals surface area contributed by atoms with Crippen LogP contribution in [0.5, 0.6) is 0 Å². The summed E-state index contributed by atoms with van der Waals surface area (Å²) in [5, 5.41) is 16.6. The monoisotopic (exact) mass is 242 g/mol. The molecule has 3 aromatic heterocycles. The Morgan fingerprint density at radius 2 is 2.33 bits per heavy atom. The van der Waals surface area contributed by atoms with Crippen LogP contribution in [0.3, 0.4) is 0 Å². The summed E-state index contributed by atoms with van der Waals surface area (Å²) in [6.45, 7) is 0. The van der Waals surface area contributed by atoms with Crippen molar-refractivity contribution in [2.75, 3.05) is 5.32 Å². The number of fused-ring (bicyclic) bond motifs is 1. The van der Waals surface area contributed by atoms with Crippen LogP contribution in [0.4, 0.5) is 5.82 Å². The molecule has 7 nitrogen and oxygen atoms in total. The Morgan fingerprint density at radius 1 is 1.39 bits per heavy atom. The molecular weight excluding hydrogens is 232 g/mol. The van der Waals surface area contributed by atoms with Crippen LogP contribution >= 0.6 is 0 Å². The van der Waals surface area contributed by atoms with Crippen molar-refractivity contribution in [3.05, 3.63) is 42.4 Å². The molecule has 7 heteroatoms. The third-order valence-corrected chi connectivity index (χ3v) is 2.54. The first-order chi connectivity index (χ1) is 8.83. The highest BCUT2D eigenvalue weighted by Gasteiger charge is 2.09. The number of H-pyrrole nitrogens is 1. The summed E-state index contributed by atoms with van der Waals surface area (Å²) in [7, 11) is 0. The second-order valence-electron chi connectivity index (χ2n) is 3.78. The van der Waals surface area contributed by atoms with Crippen LogP contribution in [-0.2, 0) is 11.2 Å². The fourth-order valence-electron chi connectivity index (χ4n) is 1.75. The Bertz CT molecular complexity index is 672. The minimum absolute atomic E-state index is 0.150. The van der Waals surface area contributed by atoms with E-state index in [0.29, 0.717) is 5.82 Å². The lowest BCUT2D eigenvalue weighted by molar-refractivity contribution is -0.115. The van der Waals surface area contributed by atoms with E-state index in [0.717, 1.165) is 11.1 Å². The highest BCUT2D eigenvalue weighted by Crippen LogP contribution is 2.11. The molecule has 0 bridgehead atoms. The number of carbonyl (C=O) groups is 1. The summed E-state index contributed by atoms with van der Waals surface area (Å²) in [6.07, 6.45) is 5.24. The Hall–Kier alpha value is -2.70. The molecule has 0 unspecified atom stereocenters. The van der Waals surface area contributed by atoms with Gasteiger partial charge in [-0.2, -0.15) is 15.4 Å². The lowest BCUT2D eigenvalue weighted by Crippen LogP contribution is -2.14. The number of rotatable bonds is 3. The maximum Gasteiger partial charge on any atom is 0.230 e. The molecule has 0 aliphatic rings. The van der Waals surface area contributed by atoms with E-state index in [2.05, 4.69) is 25.8 Å². The Balaban J connectivity index is 1.78. The lowest BCUT2D eigenvalue weighted by Gasteiger charge is -2.00. The maximum absolute atomic E-state index is 11.8. The van der Waals surface area contributed by atoms with Crippen LogP contribution in [0, 0.1) is 0 Å². The maximum atomic E-state index is 11.8. The van der Waals surface area contributed by atoms with Gasteiger partial charge in [0.25, 0.3) is 0 Å². The van der Waals surface area contributed by atoms with Crippen LogP contribution in [0.1, 0.15) is 5.56 Å². The van der Waals surface area contributed by atoms with Gasteiger partial charge in [0.2, 0.25) is 5.91 Å². The second-order valence-corrected chi connectivity index (χ2v) is 3.78. The Kier molecular flexibility index (Phi) is 2.49. The van der Waals surface area contributed by atoms with Crippen molar-refractivity contribution in [2.45, 2.75) is 6.42 Å². The zero-order valence-electron chi connectivity index (χ0n) is 9.37. The van der Waals surface area contributed by atoms with E-state index in [1.165, 1.54) is 6.20 Å². The van der Waals surface area contributed by atoms with Crippen molar-refractivity contribution in [1.29, 1.82) is 0 Å². The fraction of sp³-hybridized carbons (Fsp3) is 0.0909. The third-order valence-electron chi connectivity index (χ3n) is 2.54. The van der Waals surface area contributed by atoms with Crippen LogP contribution in [0.15, 0.2) is 36.8 Å². The molecule has 0 saturated heterocycles. The Morgan fingerprint density at radius 3 is 3.17 bits per heavy atom. The summed E-state index contributed by atoms with van der Waals surface area (Å²) in [4.78, 5) is 11.8. The van der Waals surface area contributed by atoms with Gasteiger partial charge in [-0.3, -0.25) is 4.79 Å². The van der Waals surface area contributed by atoms with E-state index in [9.17, 15) is 4.79 Å². The molecular formula is C11H10N6O. The zero-order chi connectivity index (χ0) is 12.4. The summed E-state index contributed by atoms with van der Waals surface area (Å²) >= 11 is 0. The quantitative estimate of drug-likeness (QED) is 0.705. The van der Waals surface area contributed by atoms with E-state index in [4.69, 9.17) is 0 Å². The normalized spacial score (nSPS) is 10.7. The van der Waals surface area contributed by atoms with E-state index in [1.54, 1.807) is 10.7 Å². The molecule has 3 heterocycles. The number of nitrogens with one attached hydrogen (secondary N) is 2. The first-order valence-corrected chi connectivity index (χ1v) is 5.40. The summed E-state index contributed by atoms with van der Waals surface area (Å²) in [5.41, 5.74) is 1.80. The van der Waals surface area contributed by atoms with Gasteiger partial charge in [0.1, 0.15) is 0 Å². The predicted molar refractivity (Wildman–Crippen MR) is 63.9 cm³/mol. The molecule has 90 valence electrons. The van der Waals surface area contributed by atoms with E-state index in [1.807, 2.05) is 24.4 Å². The second kappa shape index (κ2) is 4.28. The van der Waals surface area contributed by atoms with Gasteiger partial charge < -0.3 is 5.32 Å². The van der Waals surface area contributed by atoms with E-state index < -0.39 is 0 Å². The molecule has 0 saturated carbocycles. The molecule has 0 fully saturated rings. The standard InChI is InChI=1S/C11H10N6O/c18-11(14-10-7-12-16-15-10)5-8-6-13-17-4-2-1-3-9(8)17/h1-4,6-7H,5H2,(H2,12,14,15,16,18). The number of anilines is 1. The molecule has 3 aromatic rings. The molecule has 1 amide bonds. The average Bonchev–Trinajstić information content (AvgIpc) is 3.00. The third kappa shape index (κ3) is 1.93. The van der Waals surface area contributed by atoms with Crippen LogP contribution in [-0.4, -0.2) is 30.9 Å². The van der Waals surface area contributed by atoms with Crippen molar-refractivity contribution in [1.82, 2.24) is 25.0 Å². The molecule has 0 atom stereocenters. The topological polar surface area (TPSA) is 88.0 Å². The largest absolute Gasteiger partial charge is 0.308 e. The van der Waals surface area contributed by atoms with Gasteiger partial charge in [-0.1, -0.05) is 6.07 Å². The smallest absolute Gasteiger partial charge is 0.230 e. The minimum Gasteiger partial charge on any atom is -0.308 e. The molecule has 0 radical (unpaired) electrons. The minimum atomic E-state index is -0.150. The van der Waals surface area contributed by atoms with Gasteiger partial charge >= 0.3 is 0 Å². The number of hydrogen-bond donors (Lipinski definition) is 2. The number of hydrogen-bond acceptors (Lipinski definition) is 4. The number of carbonyl (C=O) groups excluding carboxylic acids is 1. The Labute approximate surface area is 102 Å². The molecule has 0 aliphatic carbocycles. The number of aromatic nitrogens is 5. The zero-order valence-corrected chi connectivity index (χ0v) is 9.37. The molecule has 0 aliphatic heterocycles. The van der Waals surface area contributed by atoms with Gasteiger partial charge in [-0.25, -0.2) is 4.52 Å². The van der Waals surface area contributed by atoms with Crippen LogP contribution in [0.2, 0.25) is 0 Å². The van der Waals surface area contributed by atoms with Gasteiger partial charge in [-0.05, 0) is 12.1 Å². The summed E-state index contributed by atoms with van der Waals surface area (Å²) < 4.78 is 1.73. The lowest BCUT2D eigenvalue weighted by atomic mass is 10.2. The fourth-order valence-corrected chi connectivity index (χ4v) is 1.75. The van der Waals surface area contributed by atoms with Crippen molar-refractivity contribution in [2.24, 2.45) is 0 Å². The van der Waals surface area contributed by atoms with Crippen molar-refractivity contribution >= 4 is 17.2 Å². The SMILES string of the molecule is O=C(Cc1cnn2ccccc12)Nc1cn[nH]n1. The molecule has 18 heavy (non-hydrogen) atoms. The van der Waals surface area contributed by atoms with Gasteiger partial charge in [0.15, 0.2) is 5.82 Å². The average molecular weight is 242 g/mol. The number of nitrogens with zero attached hydrogens (tertiary/aromatic N) is 4. The molecule has 0 aromatic carbocycles. The molecule has 2 N–H and O–H groups in total. The van der Waals surface area contributed by atoms with E-state index in [-0.39, 0.29) is 12.3 Å². The first kappa shape index (κ1) is 10.5. The predicted octanol–water partition coefficient (Wildman–Crippen LogP) is 0.634. The highest BCUT2D eigenvalue weighted by molar-refractivity contribution is 5.92. The van der Waals surface area contributed by atoms with Gasteiger partial charge in [0.05, 0.1) is 24.3 Å². The highest BCUT2D eigenvalue weighted by atomic mass is 16.1. The van der Waals surface area contributed by atoms with Crippen molar-refractivity contribution in [3.8, 4) is 0 Å². The van der Waals surface area contributed by atoms with Crippen LogP contribution in [0.25, 0.3) is 5.52 Å².